The van der Waals surface area contributed by atoms with Gasteiger partial charge in [0.05, 0.1) is 0 Å². The summed E-state index contributed by atoms with van der Waals surface area (Å²) in [5, 5.41) is 8.84. The Morgan fingerprint density at radius 2 is 2.16 bits per heavy atom. The molecule has 0 unspecified atom stereocenters. The van der Waals surface area contributed by atoms with E-state index in [2.05, 4.69) is 9.97 Å². The van der Waals surface area contributed by atoms with E-state index in [0.29, 0.717) is 12.4 Å². The second-order valence-electron chi connectivity index (χ2n) is 4.77. The van der Waals surface area contributed by atoms with Crippen LogP contribution < -0.4 is 5.56 Å². The number of H-pyrrole nitrogens is 1. The normalized spacial score (nSPS) is 18.2. The van der Waals surface area contributed by atoms with E-state index in [4.69, 9.17) is 9.84 Å². The van der Waals surface area contributed by atoms with Crippen LogP contribution in [-0.2, 0) is 10.3 Å². The lowest BCUT2D eigenvalue weighted by molar-refractivity contribution is -0.0768. The third-order valence-electron chi connectivity index (χ3n) is 3.54. The van der Waals surface area contributed by atoms with Crippen LogP contribution in [0.4, 0.5) is 0 Å². The van der Waals surface area contributed by atoms with E-state index in [1.165, 1.54) is 0 Å². The summed E-state index contributed by atoms with van der Waals surface area (Å²) in [6.07, 6.45) is 5.90. The Kier molecular flexibility index (Phi) is 3.99. The van der Waals surface area contributed by atoms with E-state index in [1.807, 2.05) is 6.92 Å². The minimum Gasteiger partial charge on any atom is -0.477 e. The van der Waals surface area contributed by atoms with Gasteiger partial charge in [-0.05, 0) is 19.8 Å². The molecule has 1 aliphatic carbocycles. The number of carbonyl (C=O) groups is 1. The molecule has 1 aliphatic rings. The highest BCUT2D eigenvalue weighted by atomic mass is 16.5. The fourth-order valence-electron chi connectivity index (χ4n) is 2.63. The molecule has 0 aliphatic heterocycles. The predicted molar refractivity (Wildman–Crippen MR) is 68.2 cm³/mol. The number of ether oxygens (including phenoxy) is 1. The second-order valence-corrected chi connectivity index (χ2v) is 4.77. The number of carboxylic acid groups (broad SMARTS) is 1. The highest BCUT2D eigenvalue weighted by Gasteiger charge is 2.37. The first-order valence-electron chi connectivity index (χ1n) is 6.56. The largest absolute Gasteiger partial charge is 0.477 e. The summed E-state index contributed by atoms with van der Waals surface area (Å²) < 4.78 is 5.83. The number of hydrogen-bond donors (Lipinski definition) is 2. The fourth-order valence-corrected chi connectivity index (χ4v) is 2.63. The molecule has 6 nitrogen and oxygen atoms in total. The quantitative estimate of drug-likeness (QED) is 0.864. The van der Waals surface area contributed by atoms with Gasteiger partial charge in [-0.25, -0.2) is 9.78 Å². The van der Waals surface area contributed by atoms with Crippen molar-refractivity contribution < 1.29 is 14.6 Å². The molecule has 0 saturated heterocycles. The maximum absolute atomic E-state index is 11.7. The molecule has 0 bridgehead atoms. The van der Waals surface area contributed by atoms with Crippen molar-refractivity contribution in [3.8, 4) is 0 Å². The standard InChI is InChI=1S/C13H18N2O4/c1-2-19-13(6-4-3-5-7-13)12-14-8-9(11(17)18)10(16)15-12/h8H,2-7H2,1H3,(H,17,18)(H,14,15,16). The zero-order valence-electron chi connectivity index (χ0n) is 10.9. The molecule has 1 aromatic rings. The van der Waals surface area contributed by atoms with Crippen molar-refractivity contribution in [1.29, 1.82) is 0 Å². The summed E-state index contributed by atoms with van der Waals surface area (Å²) in [6.45, 7) is 2.43. The van der Waals surface area contributed by atoms with Gasteiger partial charge in [0.25, 0.3) is 5.56 Å². The lowest BCUT2D eigenvalue weighted by atomic mass is 9.84. The first-order valence-corrected chi connectivity index (χ1v) is 6.56. The van der Waals surface area contributed by atoms with Crippen molar-refractivity contribution in [2.45, 2.75) is 44.6 Å². The minimum atomic E-state index is -1.27. The third kappa shape index (κ3) is 2.68. The number of aromatic nitrogens is 2. The van der Waals surface area contributed by atoms with Gasteiger partial charge in [0.1, 0.15) is 17.0 Å². The minimum absolute atomic E-state index is 0.341. The van der Waals surface area contributed by atoms with Crippen LogP contribution in [0.1, 0.15) is 55.2 Å². The van der Waals surface area contributed by atoms with Crippen molar-refractivity contribution in [2.24, 2.45) is 0 Å². The van der Waals surface area contributed by atoms with Gasteiger partial charge < -0.3 is 14.8 Å². The third-order valence-corrected chi connectivity index (χ3v) is 3.54. The molecule has 1 aromatic heterocycles. The van der Waals surface area contributed by atoms with Crippen LogP contribution in [-0.4, -0.2) is 27.7 Å². The Balaban J connectivity index is 2.40. The molecule has 1 fully saturated rings. The SMILES string of the molecule is CCOC1(c2ncc(C(=O)O)c(=O)[nH]2)CCCCC1. The molecule has 0 amide bonds. The van der Waals surface area contributed by atoms with Crippen LogP contribution in [0.3, 0.4) is 0 Å². The number of aromatic amines is 1. The van der Waals surface area contributed by atoms with E-state index in [0.717, 1.165) is 38.3 Å². The smallest absolute Gasteiger partial charge is 0.342 e. The Labute approximate surface area is 110 Å². The average Bonchev–Trinajstić information content (AvgIpc) is 2.39. The molecule has 19 heavy (non-hydrogen) atoms. The number of nitrogens with zero attached hydrogens (tertiary/aromatic N) is 1. The van der Waals surface area contributed by atoms with Crippen molar-refractivity contribution in [2.75, 3.05) is 6.61 Å². The van der Waals surface area contributed by atoms with E-state index in [1.54, 1.807) is 0 Å². The molecular formula is C13H18N2O4. The number of aromatic carboxylic acids is 1. The van der Waals surface area contributed by atoms with Crippen molar-refractivity contribution in [1.82, 2.24) is 9.97 Å². The van der Waals surface area contributed by atoms with Crippen LogP contribution >= 0.6 is 0 Å². The Hall–Kier alpha value is -1.69. The summed E-state index contributed by atoms with van der Waals surface area (Å²) in [5.74, 6) is -0.821. The predicted octanol–water partition coefficient (Wildman–Crippen LogP) is 1.66. The zero-order chi connectivity index (χ0) is 13.9. The van der Waals surface area contributed by atoms with Crippen LogP contribution in [0.25, 0.3) is 0 Å². The highest BCUT2D eigenvalue weighted by Crippen LogP contribution is 2.38. The van der Waals surface area contributed by atoms with E-state index >= 15 is 0 Å². The maximum atomic E-state index is 11.7. The van der Waals surface area contributed by atoms with Gasteiger partial charge in [-0.2, -0.15) is 0 Å². The molecule has 6 heteroatoms. The highest BCUT2D eigenvalue weighted by molar-refractivity contribution is 5.86. The molecule has 2 N–H and O–H groups in total. The second kappa shape index (κ2) is 5.52. The lowest BCUT2D eigenvalue weighted by Crippen LogP contribution is -2.37. The monoisotopic (exact) mass is 266 g/mol. The van der Waals surface area contributed by atoms with Gasteiger partial charge in [0.2, 0.25) is 0 Å². The van der Waals surface area contributed by atoms with Crippen molar-refractivity contribution in [3.63, 3.8) is 0 Å². The Morgan fingerprint density at radius 1 is 1.47 bits per heavy atom. The van der Waals surface area contributed by atoms with Gasteiger partial charge in [0, 0.05) is 12.8 Å². The molecule has 0 radical (unpaired) electrons. The molecule has 1 heterocycles. The zero-order valence-corrected chi connectivity index (χ0v) is 10.9. The van der Waals surface area contributed by atoms with Gasteiger partial charge >= 0.3 is 5.97 Å². The summed E-state index contributed by atoms with van der Waals surface area (Å²) in [7, 11) is 0. The number of hydrogen-bond acceptors (Lipinski definition) is 4. The maximum Gasteiger partial charge on any atom is 0.342 e. The molecule has 1 saturated carbocycles. The van der Waals surface area contributed by atoms with E-state index in [9.17, 15) is 9.59 Å². The first kappa shape index (κ1) is 13.7. The van der Waals surface area contributed by atoms with Crippen LogP contribution in [0.5, 0.6) is 0 Å². The molecular weight excluding hydrogens is 248 g/mol. The van der Waals surface area contributed by atoms with Crippen molar-refractivity contribution >= 4 is 5.97 Å². The number of rotatable bonds is 4. The van der Waals surface area contributed by atoms with Crippen LogP contribution in [0.15, 0.2) is 11.0 Å². The van der Waals surface area contributed by atoms with E-state index < -0.39 is 17.1 Å². The van der Waals surface area contributed by atoms with Gasteiger partial charge in [-0.1, -0.05) is 19.3 Å². The summed E-state index contributed by atoms with van der Waals surface area (Å²) in [5.41, 5.74) is -1.53. The van der Waals surface area contributed by atoms with Gasteiger partial charge in [0.15, 0.2) is 0 Å². The number of carboxylic acids is 1. The van der Waals surface area contributed by atoms with Gasteiger partial charge in [-0.3, -0.25) is 4.79 Å². The van der Waals surface area contributed by atoms with Crippen LogP contribution in [0.2, 0.25) is 0 Å². The molecule has 104 valence electrons. The molecule has 0 atom stereocenters. The van der Waals surface area contributed by atoms with Crippen molar-refractivity contribution in [3.05, 3.63) is 27.9 Å². The Morgan fingerprint density at radius 3 is 2.68 bits per heavy atom. The van der Waals surface area contributed by atoms with E-state index in [-0.39, 0.29) is 5.56 Å². The molecule has 2 rings (SSSR count). The average molecular weight is 266 g/mol. The number of nitrogens with one attached hydrogen (secondary N) is 1. The van der Waals surface area contributed by atoms with Crippen LogP contribution in [0, 0.1) is 0 Å². The first-order chi connectivity index (χ1) is 9.09. The summed E-state index contributed by atoms with van der Waals surface area (Å²) in [6, 6.07) is 0. The Bertz CT molecular complexity index is 512. The molecule has 0 spiro atoms. The van der Waals surface area contributed by atoms with Gasteiger partial charge in [-0.15, -0.1) is 0 Å². The lowest BCUT2D eigenvalue weighted by Gasteiger charge is -2.35. The summed E-state index contributed by atoms with van der Waals surface area (Å²) >= 11 is 0. The summed E-state index contributed by atoms with van der Waals surface area (Å²) in [4.78, 5) is 29.3. The topological polar surface area (TPSA) is 92.3 Å². The fraction of sp³-hybridized carbons (Fsp3) is 0.615. The molecule has 0 aromatic carbocycles.